The molecule has 1 aromatic heterocycles. The third-order valence-electron chi connectivity index (χ3n) is 3.54. The van der Waals surface area contributed by atoms with Crippen LogP contribution in [-0.2, 0) is 12.0 Å². The first-order valence-corrected chi connectivity index (χ1v) is 7.57. The van der Waals surface area contributed by atoms with E-state index >= 15 is 0 Å². The molecule has 21 heavy (non-hydrogen) atoms. The fraction of sp³-hybridized carbons (Fsp3) is 0.500. The fourth-order valence-electron chi connectivity index (χ4n) is 2.53. The molecule has 114 valence electrons. The van der Waals surface area contributed by atoms with Gasteiger partial charge in [0.25, 0.3) is 0 Å². The van der Waals surface area contributed by atoms with Crippen LogP contribution in [0.2, 0.25) is 0 Å². The number of aromatic hydroxyl groups is 1. The molecule has 2 aromatic rings. The zero-order valence-electron chi connectivity index (χ0n) is 13.9. The van der Waals surface area contributed by atoms with Crippen LogP contribution in [-0.4, -0.2) is 14.9 Å². The van der Waals surface area contributed by atoms with Gasteiger partial charge in [0.2, 0.25) is 5.88 Å². The van der Waals surface area contributed by atoms with Crippen LogP contribution in [0.3, 0.4) is 0 Å². The summed E-state index contributed by atoms with van der Waals surface area (Å²) in [7, 11) is 0. The number of rotatable bonds is 3. The molecule has 0 saturated heterocycles. The Morgan fingerprint density at radius 3 is 2.19 bits per heavy atom. The Morgan fingerprint density at radius 2 is 1.71 bits per heavy atom. The Balaban J connectivity index is 2.61. The lowest BCUT2D eigenvalue weighted by atomic mass is 9.85. The lowest BCUT2D eigenvalue weighted by Crippen LogP contribution is -2.12. The lowest BCUT2D eigenvalue weighted by molar-refractivity contribution is 0.361. The molecule has 0 aliphatic carbocycles. The van der Waals surface area contributed by atoms with Crippen molar-refractivity contribution in [1.29, 1.82) is 0 Å². The van der Waals surface area contributed by atoms with Gasteiger partial charge in [-0.15, -0.1) is 0 Å². The van der Waals surface area contributed by atoms with Crippen LogP contribution in [0.5, 0.6) is 5.88 Å². The SMILES string of the molecule is Cc1ccc(-c2nn(CC(C)C)c(O)c2C(C)(C)C)cc1. The first-order chi connectivity index (χ1) is 9.70. The standard InChI is InChI=1S/C18H26N2O/c1-12(2)11-20-17(21)15(18(4,5)6)16(19-20)14-9-7-13(3)8-10-14/h7-10,12,21H,11H2,1-6H3. The summed E-state index contributed by atoms with van der Waals surface area (Å²) < 4.78 is 1.74. The summed E-state index contributed by atoms with van der Waals surface area (Å²) in [6.07, 6.45) is 0. The summed E-state index contributed by atoms with van der Waals surface area (Å²) in [6, 6.07) is 8.32. The molecule has 1 aromatic carbocycles. The molecule has 0 saturated carbocycles. The Bertz CT molecular complexity index is 616. The van der Waals surface area contributed by atoms with Crippen molar-refractivity contribution in [3.63, 3.8) is 0 Å². The maximum absolute atomic E-state index is 10.6. The first kappa shape index (κ1) is 15.6. The molecule has 1 heterocycles. The second kappa shape index (κ2) is 5.55. The van der Waals surface area contributed by atoms with Crippen molar-refractivity contribution < 1.29 is 5.11 Å². The van der Waals surface area contributed by atoms with E-state index in [-0.39, 0.29) is 5.41 Å². The topological polar surface area (TPSA) is 38.0 Å². The second-order valence-electron chi connectivity index (χ2n) is 7.24. The number of aryl methyl sites for hydroxylation is 1. The van der Waals surface area contributed by atoms with E-state index in [0.29, 0.717) is 11.8 Å². The molecule has 2 rings (SSSR count). The van der Waals surface area contributed by atoms with Crippen LogP contribution in [0.25, 0.3) is 11.3 Å². The monoisotopic (exact) mass is 286 g/mol. The molecule has 0 spiro atoms. The van der Waals surface area contributed by atoms with Gasteiger partial charge in [0.1, 0.15) is 0 Å². The Labute approximate surface area is 127 Å². The number of aromatic nitrogens is 2. The molecule has 0 aliphatic heterocycles. The van der Waals surface area contributed by atoms with Crippen molar-refractivity contribution in [2.75, 3.05) is 0 Å². The minimum atomic E-state index is -0.153. The van der Waals surface area contributed by atoms with Gasteiger partial charge in [0.15, 0.2) is 0 Å². The quantitative estimate of drug-likeness (QED) is 0.901. The van der Waals surface area contributed by atoms with Crippen LogP contribution in [0, 0.1) is 12.8 Å². The molecular weight excluding hydrogens is 260 g/mol. The summed E-state index contributed by atoms with van der Waals surface area (Å²) in [5.41, 5.74) is 3.94. The normalized spacial score (nSPS) is 12.1. The third kappa shape index (κ3) is 3.29. The fourth-order valence-corrected chi connectivity index (χ4v) is 2.53. The van der Waals surface area contributed by atoms with Crippen LogP contribution >= 0.6 is 0 Å². The Hall–Kier alpha value is -1.77. The van der Waals surface area contributed by atoms with Gasteiger partial charge in [-0.1, -0.05) is 64.4 Å². The molecule has 0 aliphatic rings. The molecule has 0 fully saturated rings. The Morgan fingerprint density at radius 1 is 1.14 bits per heavy atom. The molecule has 0 bridgehead atoms. The molecule has 1 N–H and O–H groups in total. The van der Waals surface area contributed by atoms with E-state index in [1.54, 1.807) is 4.68 Å². The van der Waals surface area contributed by atoms with Gasteiger partial charge in [-0.25, -0.2) is 4.68 Å². The number of hydrogen-bond donors (Lipinski definition) is 1. The lowest BCUT2D eigenvalue weighted by Gasteiger charge is -2.19. The van der Waals surface area contributed by atoms with E-state index in [2.05, 4.69) is 70.9 Å². The number of nitrogens with zero attached hydrogens (tertiary/aromatic N) is 2. The highest BCUT2D eigenvalue weighted by atomic mass is 16.3. The average Bonchev–Trinajstić information content (AvgIpc) is 2.66. The Kier molecular flexibility index (Phi) is 4.13. The summed E-state index contributed by atoms with van der Waals surface area (Å²) in [5, 5.41) is 15.3. The minimum absolute atomic E-state index is 0.153. The van der Waals surface area contributed by atoms with E-state index in [4.69, 9.17) is 0 Å². The van der Waals surface area contributed by atoms with Gasteiger partial charge in [0, 0.05) is 17.7 Å². The van der Waals surface area contributed by atoms with Crippen molar-refractivity contribution in [3.05, 3.63) is 35.4 Å². The van der Waals surface area contributed by atoms with E-state index in [9.17, 15) is 5.11 Å². The van der Waals surface area contributed by atoms with Crippen molar-refractivity contribution in [1.82, 2.24) is 9.78 Å². The summed E-state index contributed by atoms with van der Waals surface area (Å²) in [4.78, 5) is 0. The molecule has 0 amide bonds. The smallest absolute Gasteiger partial charge is 0.213 e. The van der Waals surface area contributed by atoms with E-state index in [1.807, 2.05) is 0 Å². The highest BCUT2D eigenvalue weighted by Crippen LogP contribution is 2.39. The van der Waals surface area contributed by atoms with Gasteiger partial charge in [-0.2, -0.15) is 5.10 Å². The molecule has 3 nitrogen and oxygen atoms in total. The molecule has 0 unspecified atom stereocenters. The zero-order chi connectivity index (χ0) is 15.8. The summed E-state index contributed by atoms with van der Waals surface area (Å²) in [6.45, 7) is 13.4. The molecule has 0 radical (unpaired) electrons. The van der Waals surface area contributed by atoms with Crippen LogP contribution in [0.1, 0.15) is 45.7 Å². The summed E-state index contributed by atoms with van der Waals surface area (Å²) in [5.74, 6) is 0.737. The van der Waals surface area contributed by atoms with Crippen LogP contribution in [0.4, 0.5) is 0 Å². The maximum Gasteiger partial charge on any atom is 0.213 e. The number of benzene rings is 1. The zero-order valence-corrected chi connectivity index (χ0v) is 13.9. The minimum Gasteiger partial charge on any atom is -0.493 e. The largest absolute Gasteiger partial charge is 0.493 e. The van der Waals surface area contributed by atoms with Gasteiger partial charge >= 0.3 is 0 Å². The van der Waals surface area contributed by atoms with Crippen LogP contribution in [0.15, 0.2) is 24.3 Å². The van der Waals surface area contributed by atoms with Crippen LogP contribution < -0.4 is 0 Å². The maximum atomic E-state index is 10.6. The average molecular weight is 286 g/mol. The summed E-state index contributed by atoms with van der Waals surface area (Å²) >= 11 is 0. The molecular formula is C18H26N2O. The van der Waals surface area contributed by atoms with Crippen molar-refractivity contribution >= 4 is 0 Å². The van der Waals surface area contributed by atoms with Gasteiger partial charge in [0.05, 0.1) is 5.69 Å². The highest BCUT2D eigenvalue weighted by Gasteiger charge is 2.28. The predicted molar refractivity (Wildman–Crippen MR) is 87.6 cm³/mol. The molecule has 3 heteroatoms. The van der Waals surface area contributed by atoms with Crippen molar-refractivity contribution in [2.45, 2.75) is 53.5 Å². The van der Waals surface area contributed by atoms with E-state index in [1.165, 1.54) is 5.56 Å². The number of hydrogen-bond acceptors (Lipinski definition) is 2. The second-order valence-corrected chi connectivity index (χ2v) is 7.24. The van der Waals surface area contributed by atoms with E-state index < -0.39 is 0 Å². The van der Waals surface area contributed by atoms with Gasteiger partial charge in [-0.05, 0) is 18.3 Å². The molecule has 0 atom stereocenters. The van der Waals surface area contributed by atoms with E-state index in [0.717, 1.165) is 23.4 Å². The third-order valence-corrected chi connectivity index (χ3v) is 3.54. The highest BCUT2D eigenvalue weighted by molar-refractivity contribution is 5.67. The van der Waals surface area contributed by atoms with Crippen molar-refractivity contribution in [2.24, 2.45) is 5.92 Å². The van der Waals surface area contributed by atoms with Crippen molar-refractivity contribution in [3.8, 4) is 17.1 Å². The predicted octanol–water partition coefficient (Wildman–Crippen LogP) is 4.52. The first-order valence-electron chi connectivity index (χ1n) is 7.57. The van der Waals surface area contributed by atoms with Gasteiger partial charge < -0.3 is 5.11 Å². The van der Waals surface area contributed by atoms with Gasteiger partial charge in [-0.3, -0.25) is 0 Å².